The molecule has 0 aliphatic rings. The minimum absolute atomic E-state index is 0.177. The van der Waals surface area contributed by atoms with Gasteiger partial charge in [0.2, 0.25) is 0 Å². The SMILES string of the molecule is CCc1nc(OC)nc(C(C)=O)c1Cl. The largest absolute Gasteiger partial charge is 0.467 e. The van der Waals surface area contributed by atoms with Crippen LogP contribution in [-0.4, -0.2) is 22.9 Å². The van der Waals surface area contributed by atoms with Gasteiger partial charge in [0.1, 0.15) is 5.69 Å². The monoisotopic (exact) mass is 214 g/mol. The number of ether oxygens (including phenoxy) is 1. The van der Waals surface area contributed by atoms with Gasteiger partial charge in [-0.3, -0.25) is 4.79 Å². The fourth-order valence-electron chi connectivity index (χ4n) is 1.03. The number of halogens is 1. The lowest BCUT2D eigenvalue weighted by atomic mass is 10.2. The summed E-state index contributed by atoms with van der Waals surface area (Å²) in [5.74, 6) is -0.189. The highest BCUT2D eigenvalue weighted by atomic mass is 35.5. The van der Waals surface area contributed by atoms with Crippen LogP contribution in [-0.2, 0) is 6.42 Å². The van der Waals surface area contributed by atoms with Crippen molar-refractivity contribution in [1.82, 2.24) is 9.97 Å². The van der Waals surface area contributed by atoms with Crippen LogP contribution in [0, 0.1) is 0 Å². The van der Waals surface area contributed by atoms with Crippen molar-refractivity contribution < 1.29 is 9.53 Å². The summed E-state index contributed by atoms with van der Waals surface area (Å²) in [6.45, 7) is 3.31. The second-order valence-electron chi connectivity index (χ2n) is 2.73. The van der Waals surface area contributed by atoms with E-state index in [1.807, 2.05) is 6.92 Å². The minimum Gasteiger partial charge on any atom is -0.467 e. The molecule has 0 amide bonds. The zero-order valence-electron chi connectivity index (χ0n) is 8.30. The number of ketones is 1. The first-order valence-electron chi connectivity index (χ1n) is 4.21. The summed E-state index contributed by atoms with van der Waals surface area (Å²) in [5.41, 5.74) is 0.846. The maximum absolute atomic E-state index is 11.2. The molecule has 0 unspecified atom stereocenters. The number of rotatable bonds is 3. The van der Waals surface area contributed by atoms with E-state index in [4.69, 9.17) is 16.3 Å². The highest BCUT2D eigenvalue weighted by Gasteiger charge is 2.14. The Labute approximate surface area is 87.3 Å². The Morgan fingerprint density at radius 2 is 2.14 bits per heavy atom. The lowest BCUT2D eigenvalue weighted by Gasteiger charge is -2.06. The van der Waals surface area contributed by atoms with Gasteiger partial charge < -0.3 is 4.74 Å². The van der Waals surface area contributed by atoms with E-state index in [0.29, 0.717) is 17.1 Å². The third-order valence-electron chi connectivity index (χ3n) is 1.75. The molecule has 0 radical (unpaired) electrons. The first kappa shape index (κ1) is 10.9. The number of carbonyl (C=O) groups excluding carboxylic acids is 1. The van der Waals surface area contributed by atoms with Crippen molar-refractivity contribution in [2.24, 2.45) is 0 Å². The molecule has 0 aromatic carbocycles. The normalized spacial score (nSPS) is 10.0. The van der Waals surface area contributed by atoms with Crippen molar-refractivity contribution in [3.05, 3.63) is 16.4 Å². The Balaban J connectivity index is 3.34. The summed E-state index contributed by atoms with van der Waals surface area (Å²) in [6, 6.07) is 0.177. The van der Waals surface area contributed by atoms with Crippen LogP contribution in [0.3, 0.4) is 0 Å². The van der Waals surface area contributed by atoms with Gasteiger partial charge in [-0.25, -0.2) is 0 Å². The topological polar surface area (TPSA) is 52.1 Å². The second kappa shape index (κ2) is 4.37. The van der Waals surface area contributed by atoms with Crippen LogP contribution < -0.4 is 4.74 Å². The molecular formula is C9H11ClN2O2. The number of nitrogens with zero attached hydrogens (tertiary/aromatic N) is 2. The van der Waals surface area contributed by atoms with Crippen molar-refractivity contribution in [3.8, 4) is 6.01 Å². The van der Waals surface area contributed by atoms with Gasteiger partial charge >= 0.3 is 6.01 Å². The van der Waals surface area contributed by atoms with Crippen molar-refractivity contribution in [2.45, 2.75) is 20.3 Å². The predicted molar refractivity (Wildman–Crippen MR) is 53.0 cm³/mol. The van der Waals surface area contributed by atoms with Crippen LogP contribution >= 0.6 is 11.6 Å². The van der Waals surface area contributed by atoms with Gasteiger partial charge in [-0.2, -0.15) is 9.97 Å². The molecule has 76 valence electrons. The van der Waals surface area contributed by atoms with E-state index in [1.165, 1.54) is 14.0 Å². The molecule has 0 fully saturated rings. The summed E-state index contributed by atoms with van der Waals surface area (Å²) in [7, 11) is 1.45. The van der Waals surface area contributed by atoms with Gasteiger partial charge in [0.15, 0.2) is 5.78 Å². The molecule has 1 rings (SSSR count). The molecule has 0 aliphatic heterocycles. The minimum atomic E-state index is -0.189. The summed E-state index contributed by atoms with van der Waals surface area (Å²) < 4.78 is 4.87. The van der Waals surface area contributed by atoms with Crippen LogP contribution in [0.1, 0.15) is 30.0 Å². The van der Waals surface area contributed by atoms with Crippen LogP contribution in [0.4, 0.5) is 0 Å². The summed E-state index contributed by atoms with van der Waals surface area (Å²) >= 11 is 5.93. The molecule has 0 saturated carbocycles. The van der Waals surface area contributed by atoms with Crippen LogP contribution in [0.5, 0.6) is 6.01 Å². The maximum Gasteiger partial charge on any atom is 0.317 e. The summed E-state index contributed by atoms with van der Waals surface area (Å²) in [5, 5.41) is 0.320. The Kier molecular flexibility index (Phi) is 3.41. The summed E-state index contributed by atoms with van der Waals surface area (Å²) in [6.07, 6.45) is 0.637. The molecule has 14 heavy (non-hydrogen) atoms. The number of methoxy groups -OCH3 is 1. The Bertz CT molecular complexity index is 366. The van der Waals surface area contributed by atoms with Gasteiger partial charge in [0.25, 0.3) is 0 Å². The number of hydrogen-bond acceptors (Lipinski definition) is 4. The van der Waals surface area contributed by atoms with Gasteiger partial charge in [-0.1, -0.05) is 18.5 Å². The number of aryl methyl sites for hydroxylation is 1. The van der Waals surface area contributed by atoms with Crippen LogP contribution in [0.2, 0.25) is 5.02 Å². The van der Waals surface area contributed by atoms with Gasteiger partial charge in [0, 0.05) is 6.92 Å². The van der Waals surface area contributed by atoms with E-state index in [0.717, 1.165) is 0 Å². The highest BCUT2D eigenvalue weighted by Crippen LogP contribution is 2.21. The van der Waals surface area contributed by atoms with E-state index < -0.39 is 0 Å². The molecule has 0 saturated heterocycles. The standard InChI is InChI=1S/C9H11ClN2O2/c1-4-6-7(10)8(5(2)13)12-9(11-6)14-3/h4H2,1-3H3. The smallest absolute Gasteiger partial charge is 0.317 e. The fourth-order valence-corrected chi connectivity index (χ4v) is 1.38. The Morgan fingerprint density at radius 3 is 2.57 bits per heavy atom. The number of hydrogen-bond donors (Lipinski definition) is 0. The number of aromatic nitrogens is 2. The first-order chi connectivity index (χ1) is 6.60. The molecule has 5 heteroatoms. The van der Waals surface area contributed by atoms with E-state index in [-0.39, 0.29) is 17.5 Å². The Morgan fingerprint density at radius 1 is 1.50 bits per heavy atom. The molecule has 0 atom stereocenters. The highest BCUT2D eigenvalue weighted by molar-refractivity contribution is 6.34. The zero-order chi connectivity index (χ0) is 10.7. The molecule has 0 aliphatic carbocycles. The predicted octanol–water partition coefficient (Wildman–Crippen LogP) is 1.90. The molecule has 1 aromatic rings. The lowest BCUT2D eigenvalue weighted by Crippen LogP contribution is -2.06. The van der Waals surface area contributed by atoms with Crippen molar-refractivity contribution >= 4 is 17.4 Å². The van der Waals surface area contributed by atoms with E-state index in [2.05, 4.69) is 9.97 Å². The third kappa shape index (κ3) is 2.01. The van der Waals surface area contributed by atoms with Gasteiger partial charge in [-0.15, -0.1) is 0 Å². The maximum atomic E-state index is 11.2. The van der Waals surface area contributed by atoms with Crippen LogP contribution in [0.15, 0.2) is 0 Å². The molecule has 0 bridgehead atoms. The van der Waals surface area contributed by atoms with Crippen LogP contribution in [0.25, 0.3) is 0 Å². The summed E-state index contributed by atoms with van der Waals surface area (Å²) in [4.78, 5) is 19.1. The number of carbonyl (C=O) groups is 1. The molecule has 0 N–H and O–H groups in total. The number of Topliss-reactive ketones (excluding diaryl/α,β-unsaturated/α-hetero) is 1. The van der Waals surface area contributed by atoms with E-state index >= 15 is 0 Å². The lowest BCUT2D eigenvalue weighted by molar-refractivity contribution is 0.101. The van der Waals surface area contributed by atoms with E-state index in [1.54, 1.807) is 0 Å². The van der Waals surface area contributed by atoms with Crippen molar-refractivity contribution in [1.29, 1.82) is 0 Å². The average Bonchev–Trinajstić information content (AvgIpc) is 2.17. The van der Waals surface area contributed by atoms with Crippen molar-refractivity contribution in [3.63, 3.8) is 0 Å². The van der Waals surface area contributed by atoms with E-state index in [9.17, 15) is 4.79 Å². The zero-order valence-corrected chi connectivity index (χ0v) is 9.05. The molecule has 1 heterocycles. The quantitative estimate of drug-likeness (QED) is 0.722. The third-order valence-corrected chi connectivity index (χ3v) is 2.15. The van der Waals surface area contributed by atoms with Gasteiger partial charge in [-0.05, 0) is 6.42 Å². The molecule has 0 spiro atoms. The first-order valence-corrected chi connectivity index (χ1v) is 4.59. The van der Waals surface area contributed by atoms with Crippen molar-refractivity contribution in [2.75, 3.05) is 7.11 Å². The average molecular weight is 215 g/mol. The molecule has 4 nitrogen and oxygen atoms in total. The second-order valence-corrected chi connectivity index (χ2v) is 3.11. The van der Waals surface area contributed by atoms with Gasteiger partial charge in [0.05, 0.1) is 17.8 Å². The Hall–Kier alpha value is -1.16. The molecule has 1 aromatic heterocycles. The fraction of sp³-hybridized carbons (Fsp3) is 0.444. The molecular weight excluding hydrogens is 204 g/mol.